The largest absolute Gasteiger partial charge is 0.326 e. The highest BCUT2D eigenvalue weighted by Gasteiger charge is 2.32. The van der Waals surface area contributed by atoms with E-state index in [2.05, 4.69) is 5.32 Å². The molecule has 0 aliphatic heterocycles. The first kappa shape index (κ1) is 10.7. The molecule has 0 spiro atoms. The predicted octanol–water partition coefficient (Wildman–Crippen LogP) is 2.54. The van der Waals surface area contributed by atoms with Crippen molar-refractivity contribution in [2.45, 2.75) is 19.8 Å². The van der Waals surface area contributed by atoms with Crippen LogP contribution < -0.4 is 5.32 Å². The Balaban J connectivity index is 1.97. The minimum absolute atomic E-state index is 0.0761. The van der Waals surface area contributed by atoms with Gasteiger partial charge in [0.1, 0.15) is 0 Å². The van der Waals surface area contributed by atoms with Gasteiger partial charge in [-0.15, -0.1) is 0 Å². The molecule has 3 heteroatoms. The summed E-state index contributed by atoms with van der Waals surface area (Å²) in [6.07, 6.45) is 2.34. The Morgan fingerprint density at radius 1 is 1.44 bits per heavy atom. The van der Waals surface area contributed by atoms with E-state index in [0.29, 0.717) is 11.5 Å². The van der Waals surface area contributed by atoms with E-state index >= 15 is 0 Å². The number of anilines is 1. The topological polar surface area (TPSA) is 52.9 Å². The summed E-state index contributed by atoms with van der Waals surface area (Å²) in [4.78, 5) is 11.8. The predicted molar refractivity (Wildman–Crippen MR) is 61.7 cm³/mol. The number of nitrogens with one attached hydrogen (secondary N) is 1. The first-order valence-electron chi connectivity index (χ1n) is 5.51. The molecule has 1 saturated carbocycles. The number of hydrogen-bond donors (Lipinski definition) is 1. The van der Waals surface area contributed by atoms with Gasteiger partial charge in [0.15, 0.2) is 0 Å². The minimum atomic E-state index is 0.0761. The van der Waals surface area contributed by atoms with Crippen molar-refractivity contribution in [2.75, 3.05) is 5.32 Å². The molecule has 1 N–H and O–H groups in total. The van der Waals surface area contributed by atoms with Crippen LogP contribution in [-0.4, -0.2) is 5.91 Å². The number of amides is 1. The molecule has 1 unspecified atom stereocenters. The smallest absolute Gasteiger partial charge is 0.227 e. The van der Waals surface area contributed by atoms with E-state index in [4.69, 9.17) is 5.26 Å². The van der Waals surface area contributed by atoms with Gasteiger partial charge in [0.25, 0.3) is 0 Å². The van der Waals surface area contributed by atoms with Crippen molar-refractivity contribution in [1.29, 1.82) is 5.26 Å². The average molecular weight is 214 g/mol. The zero-order chi connectivity index (χ0) is 11.5. The van der Waals surface area contributed by atoms with E-state index in [1.807, 2.05) is 13.0 Å². The molecule has 16 heavy (non-hydrogen) atoms. The molecule has 1 aromatic rings. The van der Waals surface area contributed by atoms with Crippen LogP contribution >= 0.6 is 0 Å². The summed E-state index contributed by atoms with van der Waals surface area (Å²) in [6, 6.07) is 8.98. The van der Waals surface area contributed by atoms with Gasteiger partial charge in [-0.25, -0.2) is 0 Å². The average Bonchev–Trinajstić information content (AvgIpc) is 3.13. The molecule has 0 heterocycles. The third-order valence-electron chi connectivity index (χ3n) is 3.02. The number of nitriles is 1. The van der Waals surface area contributed by atoms with Crippen molar-refractivity contribution >= 4 is 11.6 Å². The van der Waals surface area contributed by atoms with Gasteiger partial charge < -0.3 is 5.32 Å². The Hall–Kier alpha value is -1.82. The van der Waals surface area contributed by atoms with Crippen LogP contribution in [0.5, 0.6) is 0 Å². The second-order valence-corrected chi connectivity index (χ2v) is 4.30. The highest BCUT2D eigenvalue weighted by molar-refractivity contribution is 5.92. The Morgan fingerprint density at radius 2 is 2.06 bits per heavy atom. The molecule has 0 radical (unpaired) electrons. The van der Waals surface area contributed by atoms with Crippen LogP contribution in [0, 0.1) is 23.2 Å². The maximum Gasteiger partial charge on any atom is 0.227 e. The van der Waals surface area contributed by atoms with Crippen LogP contribution in [0.2, 0.25) is 0 Å². The van der Waals surface area contributed by atoms with Crippen LogP contribution in [0.25, 0.3) is 0 Å². The fourth-order valence-corrected chi connectivity index (χ4v) is 1.69. The van der Waals surface area contributed by atoms with Crippen molar-refractivity contribution in [3.8, 4) is 6.07 Å². The molecular weight excluding hydrogens is 200 g/mol. The second-order valence-electron chi connectivity index (χ2n) is 4.30. The number of hydrogen-bond acceptors (Lipinski definition) is 2. The van der Waals surface area contributed by atoms with Crippen molar-refractivity contribution in [1.82, 2.24) is 0 Å². The molecule has 82 valence electrons. The number of nitrogens with zero attached hydrogens (tertiary/aromatic N) is 1. The number of rotatable bonds is 3. The summed E-state index contributed by atoms with van der Waals surface area (Å²) in [7, 11) is 0. The standard InChI is InChI=1S/C13H14N2O/c1-9(11-4-5-11)13(16)15-12-6-2-10(8-14)3-7-12/h2-3,6-7,9,11H,4-5H2,1H3,(H,15,16). The lowest BCUT2D eigenvalue weighted by Gasteiger charge is -2.10. The summed E-state index contributed by atoms with van der Waals surface area (Å²) in [6.45, 7) is 1.97. The Labute approximate surface area is 95.1 Å². The normalized spacial score (nSPS) is 16.2. The summed E-state index contributed by atoms with van der Waals surface area (Å²) >= 11 is 0. The quantitative estimate of drug-likeness (QED) is 0.840. The van der Waals surface area contributed by atoms with Crippen LogP contribution in [0.1, 0.15) is 25.3 Å². The summed E-state index contributed by atoms with van der Waals surface area (Å²) in [5, 5.41) is 11.5. The lowest BCUT2D eigenvalue weighted by Crippen LogP contribution is -2.21. The van der Waals surface area contributed by atoms with E-state index in [9.17, 15) is 4.79 Å². The zero-order valence-electron chi connectivity index (χ0n) is 9.23. The maximum atomic E-state index is 11.8. The molecule has 1 aliphatic carbocycles. The lowest BCUT2D eigenvalue weighted by atomic mass is 10.1. The second kappa shape index (κ2) is 4.36. The Kier molecular flexibility index (Phi) is 2.91. The minimum Gasteiger partial charge on any atom is -0.326 e. The van der Waals surface area contributed by atoms with Gasteiger partial charge in [-0.3, -0.25) is 4.79 Å². The van der Waals surface area contributed by atoms with Crippen molar-refractivity contribution in [2.24, 2.45) is 11.8 Å². The van der Waals surface area contributed by atoms with E-state index in [1.165, 1.54) is 12.8 Å². The Bertz CT molecular complexity index is 426. The first-order valence-corrected chi connectivity index (χ1v) is 5.51. The molecule has 1 aromatic carbocycles. The van der Waals surface area contributed by atoms with Crippen molar-refractivity contribution < 1.29 is 4.79 Å². The molecule has 2 rings (SSSR count). The molecule has 0 bridgehead atoms. The monoisotopic (exact) mass is 214 g/mol. The van der Waals surface area contributed by atoms with Crippen LogP contribution in [0.3, 0.4) is 0 Å². The highest BCUT2D eigenvalue weighted by atomic mass is 16.1. The van der Waals surface area contributed by atoms with Crippen molar-refractivity contribution in [3.05, 3.63) is 29.8 Å². The van der Waals surface area contributed by atoms with Crippen LogP contribution in [0.15, 0.2) is 24.3 Å². The molecule has 1 amide bonds. The van der Waals surface area contributed by atoms with E-state index in [1.54, 1.807) is 24.3 Å². The molecule has 1 atom stereocenters. The van der Waals surface area contributed by atoms with Crippen LogP contribution in [0.4, 0.5) is 5.69 Å². The zero-order valence-corrected chi connectivity index (χ0v) is 9.23. The van der Waals surface area contributed by atoms with E-state index < -0.39 is 0 Å². The molecule has 0 saturated heterocycles. The maximum absolute atomic E-state index is 11.8. The fraction of sp³-hybridized carbons (Fsp3) is 0.385. The van der Waals surface area contributed by atoms with Gasteiger partial charge in [0, 0.05) is 11.6 Å². The molecule has 3 nitrogen and oxygen atoms in total. The number of benzene rings is 1. The molecule has 1 fully saturated rings. The lowest BCUT2D eigenvalue weighted by molar-refractivity contribution is -0.119. The van der Waals surface area contributed by atoms with E-state index in [0.717, 1.165) is 5.69 Å². The third-order valence-corrected chi connectivity index (χ3v) is 3.02. The number of carbonyl (C=O) groups is 1. The van der Waals surface area contributed by atoms with Gasteiger partial charge in [0.05, 0.1) is 11.6 Å². The molecule has 0 aromatic heterocycles. The third kappa shape index (κ3) is 2.40. The van der Waals surface area contributed by atoms with Gasteiger partial charge in [-0.1, -0.05) is 6.92 Å². The van der Waals surface area contributed by atoms with Crippen LogP contribution in [-0.2, 0) is 4.79 Å². The first-order chi connectivity index (χ1) is 7.70. The van der Waals surface area contributed by atoms with Gasteiger partial charge in [-0.2, -0.15) is 5.26 Å². The SMILES string of the molecule is CC(C(=O)Nc1ccc(C#N)cc1)C1CC1. The Morgan fingerprint density at radius 3 is 2.56 bits per heavy atom. The summed E-state index contributed by atoms with van der Waals surface area (Å²) in [5.74, 6) is 0.737. The fourth-order valence-electron chi connectivity index (χ4n) is 1.69. The molecular formula is C13H14N2O. The van der Waals surface area contributed by atoms with Gasteiger partial charge in [0.2, 0.25) is 5.91 Å². The van der Waals surface area contributed by atoms with Crippen molar-refractivity contribution in [3.63, 3.8) is 0 Å². The highest BCUT2D eigenvalue weighted by Crippen LogP contribution is 2.36. The van der Waals surface area contributed by atoms with E-state index in [-0.39, 0.29) is 11.8 Å². The summed E-state index contributed by atoms with van der Waals surface area (Å²) in [5.41, 5.74) is 1.37. The molecule has 1 aliphatic rings. The number of carbonyl (C=O) groups excluding carboxylic acids is 1. The van der Waals surface area contributed by atoms with Gasteiger partial charge in [-0.05, 0) is 43.0 Å². The summed E-state index contributed by atoms with van der Waals surface area (Å²) < 4.78 is 0. The van der Waals surface area contributed by atoms with Gasteiger partial charge >= 0.3 is 0 Å².